The lowest BCUT2D eigenvalue weighted by Gasteiger charge is -2.40. The summed E-state index contributed by atoms with van der Waals surface area (Å²) in [6, 6.07) is 0. The average molecular weight is 363 g/mol. The molecular formula is C19H34N6O. The van der Waals surface area contributed by atoms with E-state index in [-0.39, 0.29) is 11.5 Å². The number of aryl methyl sites for hydroxylation is 1. The van der Waals surface area contributed by atoms with Crippen LogP contribution in [0.4, 0.5) is 0 Å². The molecule has 0 saturated carbocycles. The third-order valence-electron chi connectivity index (χ3n) is 5.40. The van der Waals surface area contributed by atoms with Gasteiger partial charge in [-0.3, -0.25) is 4.99 Å². The van der Waals surface area contributed by atoms with E-state index in [9.17, 15) is 0 Å². The molecule has 0 radical (unpaired) electrons. The maximum Gasteiger partial charge on any atom is 0.191 e. The fourth-order valence-corrected chi connectivity index (χ4v) is 4.12. The molecule has 1 saturated heterocycles. The molecule has 0 spiro atoms. The van der Waals surface area contributed by atoms with E-state index in [1.165, 1.54) is 19.3 Å². The zero-order valence-electron chi connectivity index (χ0n) is 16.7. The van der Waals surface area contributed by atoms with Crippen molar-refractivity contribution in [1.82, 2.24) is 25.4 Å². The van der Waals surface area contributed by atoms with Gasteiger partial charge in [-0.1, -0.05) is 20.8 Å². The van der Waals surface area contributed by atoms with Crippen LogP contribution in [0.3, 0.4) is 0 Å². The van der Waals surface area contributed by atoms with Crippen LogP contribution in [0.5, 0.6) is 0 Å². The maximum atomic E-state index is 6.08. The quantitative estimate of drug-likeness (QED) is 0.634. The number of nitrogens with one attached hydrogen (secondary N) is 2. The largest absolute Gasteiger partial charge is 0.377 e. The SMILES string of the molecule is CN=C(NCc1nnc2n1CCCC2)NCC1CCCOC1C(C)(C)C. The van der Waals surface area contributed by atoms with Gasteiger partial charge in [0.15, 0.2) is 11.8 Å². The number of ether oxygens (including phenoxy) is 1. The van der Waals surface area contributed by atoms with Gasteiger partial charge in [0.05, 0.1) is 12.6 Å². The first-order valence-electron chi connectivity index (χ1n) is 9.96. The Kier molecular flexibility index (Phi) is 6.16. The molecular weight excluding hydrogens is 328 g/mol. The number of nitrogens with zero attached hydrogens (tertiary/aromatic N) is 4. The van der Waals surface area contributed by atoms with Crippen LogP contribution in [-0.4, -0.2) is 47.0 Å². The van der Waals surface area contributed by atoms with Crippen molar-refractivity contribution in [2.24, 2.45) is 16.3 Å². The minimum Gasteiger partial charge on any atom is -0.377 e. The first-order valence-corrected chi connectivity index (χ1v) is 9.96. The highest BCUT2D eigenvalue weighted by atomic mass is 16.5. The first-order chi connectivity index (χ1) is 12.5. The zero-order chi connectivity index (χ0) is 18.6. The van der Waals surface area contributed by atoms with Crippen LogP contribution in [0.25, 0.3) is 0 Å². The van der Waals surface area contributed by atoms with Crippen LogP contribution in [0.1, 0.15) is 58.1 Å². The Morgan fingerprint density at radius 1 is 1.23 bits per heavy atom. The molecule has 2 unspecified atom stereocenters. The van der Waals surface area contributed by atoms with Crippen LogP contribution in [0.15, 0.2) is 4.99 Å². The third kappa shape index (κ3) is 4.55. The monoisotopic (exact) mass is 362 g/mol. The van der Waals surface area contributed by atoms with Gasteiger partial charge in [-0.15, -0.1) is 10.2 Å². The van der Waals surface area contributed by atoms with E-state index >= 15 is 0 Å². The van der Waals surface area contributed by atoms with E-state index in [0.717, 1.165) is 50.1 Å². The van der Waals surface area contributed by atoms with Crippen molar-refractivity contribution in [3.63, 3.8) is 0 Å². The van der Waals surface area contributed by atoms with Gasteiger partial charge in [-0.25, -0.2) is 0 Å². The number of aliphatic imine (C=N–C) groups is 1. The Balaban J connectivity index is 1.52. The lowest BCUT2D eigenvalue weighted by atomic mass is 9.78. The van der Waals surface area contributed by atoms with Crippen molar-refractivity contribution in [1.29, 1.82) is 0 Å². The number of guanidine groups is 1. The molecule has 2 aliphatic rings. The summed E-state index contributed by atoms with van der Waals surface area (Å²) in [5.74, 6) is 3.43. The molecule has 1 aromatic heterocycles. The van der Waals surface area contributed by atoms with Crippen molar-refractivity contribution in [2.75, 3.05) is 20.2 Å². The Hall–Kier alpha value is -1.63. The summed E-state index contributed by atoms with van der Waals surface area (Å²) in [7, 11) is 1.81. The predicted molar refractivity (Wildman–Crippen MR) is 103 cm³/mol. The zero-order valence-corrected chi connectivity index (χ0v) is 16.7. The number of fused-ring (bicyclic) bond motifs is 1. The molecule has 1 aromatic rings. The Bertz CT molecular complexity index is 618. The minimum atomic E-state index is 0.157. The minimum absolute atomic E-state index is 0.157. The van der Waals surface area contributed by atoms with Crippen LogP contribution in [-0.2, 0) is 24.2 Å². The number of hydrogen-bond acceptors (Lipinski definition) is 4. The van der Waals surface area contributed by atoms with Gasteiger partial charge in [-0.2, -0.15) is 0 Å². The van der Waals surface area contributed by atoms with Crippen LogP contribution in [0.2, 0.25) is 0 Å². The van der Waals surface area contributed by atoms with E-state index < -0.39 is 0 Å². The maximum absolute atomic E-state index is 6.08. The van der Waals surface area contributed by atoms with Crippen molar-refractivity contribution < 1.29 is 4.74 Å². The fourth-order valence-electron chi connectivity index (χ4n) is 4.12. The van der Waals surface area contributed by atoms with E-state index in [2.05, 4.69) is 51.2 Å². The van der Waals surface area contributed by atoms with Gasteiger partial charge in [0.1, 0.15) is 5.82 Å². The van der Waals surface area contributed by atoms with Crippen molar-refractivity contribution in [2.45, 2.75) is 72.1 Å². The number of rotatable bonds is 4. The summed E-state index contributed by atoms with van der Waals surface area (Å²) in [5, 5.41) is 15.5. The standard InChI is InChI=1S/C19H34N6O/c1-19(2,3)17-14(8-7-11-26-17)12-21-18(20-4)22-13-16-24-23-15-9-5-6-10-25(15)16/h14,17H,5-13H2,1-4H3,(H2,20,21,22). The topological polar surface area (TPSA) is 76.4 Å². The lowest BCUT2D eigenvalue weighted by molar-refractivity contribution is -0.0835. The molecule has 1 fully saturated rings. The Labute approximate surface area is 157 Å². The summed E-state index contributed by atoms with van der Waals surface area (Å²) >= 11 is 0. The second kappa shape index (κ2) is 8.37. The van der Waals surface area contributed by atoms with Crippen molar-refractivity contribution in [3.8, 4) is 0 Å². The van der Waals surface area contributed by atoms with E-state index in [0.29, 0.717) is 12.5 Å². The summed E-state index contributed by atoms with van der Waals surface area (Å²) in [6.07, 6.45) is 6.08. The summed E-state index contributed by atoms with van der Waals surface area (Å²) in [4.78, 5) is 4.37. The molecule has 2 atom stereocenters. The lowest BCUT2D eigenvalue weighted by Crippen LogP contribution is -2.47. The second-order valence-corrected chi connectivity index (χ2v) is 8.51. The van der Waals surface area contributed by atoms with Gasteiger partial charge in [-0.05, 0) is 31.1 Å². The molecule has 26 heavy (non-hydrogen) atoms. The first kappa shape index (κ1) is 19.1. The summed E-state index contributed by atoms with van der Waals surface area (Å²) in [5.41, 5.74) is 0.157. The van der Waals surface area contributed by atoms with E-state index in [1.54, 1.807) is 0 Å². The Morgan fingerprint density at radius 2 is 2.08 bits per heavy atom. The highest BCUT2D eigenvalue weighted by Gasteiger charge is 2.35. The van der Waals surface area contributed by atoms with E-state index in [1.807, 2.05) is 7.05 Å². The molecule has 2 N–H and O–H groups in total. The van der Waals surface area contributed by atoms with Crippen LogP contribution >= 0.6 is 0 Å². The molecule has 0 aliphatic carbocycles. The second-order valence-electron chi connectivity index (χ2n) is 8.51. The molecule has 3 heterocycles. The van der Waals surface area contributed by atoms with Gasteiger partial charge in [0.2, 0.25) is 0 Å². The number of aromatic nitrogens is 3. The molecule has 3 rings (SSSR count). The summed E-state index contributed by atoms with van der Waals surface area (Å²) in [6.45, 7) is 10.2. The molecule has 0 aromatic carbocycles. The molecule has 2 aliphatic heterocycles. The fraction of sp³-hybridized carbons (Fsp3) is 0.842. The highest BCUT2D eigenvalue weighted by molar-refractivity contribution is 5.79. The molecule has 0 amide bonds. The normalized spacial score (nSPS) is 24.2. The van der Waals surface area contributed by atoms with Crippen LogP contribution < -0.4 is 10.6 Å². The predicted octanol–water partition coefficient (Wildman–Crippen LogP) is 2.12. The molecule has 7 nitrogen and oxygen atoms in total. The number of hydrogen-bond donors (Lipinski definition) is 2. The van der Waals surface area contributed by atoms with E-state index in [4.69, 9.17) is 4.74 Å². The highest BCUT2D eigenvalue weighted by Crippen LogP contribution is 2.33. The van der Waals surface area contributed by atoms with Gasteiger partial charge < -0.3 is 19.9 Å². The smallest absolute Gasteiger partial charge is 0.191 e. The van der Waals surface area contributed by atoms with Crippen molar-refractivity contribution in [3.05, 3.63) is 11.6 Å². The Morgan fingerprint density at radius 3 is 2.85 bits per heavy atom. The average Bonchev–Trinajstić information content (AvgIpc) is 3.05. The molecule has 7 heteroatoms. The molecule has 0 bridgehead atoms. The van der Waals surface area contributed by atoms with Crippen LogP contribution in [0, 0.1) is 11.3 Å². The third-order valence-corrected chi connectivity index (χ3v) is 5.40. The molecule has 146 valence electrons. The summed E-state index contributed by atoms with van der Waals surface area (Å²) < 4.78 is 8.32. The van der Waals surface area contributed by atoms with Crippen molar-refractivity contribution >= 4 is 5.96 Å². The van der Waals surface area contributed by atoms with Gasteiger partial charge in [0.25, 0.3) is 0 Å². The van der Waals surface area contributed by atoms with Gasteiger partial charge >= 0.3 is 0 Å². The van der Waals surface area contributed by atoms with Gasteiger partial charge in [0, 0.05) is 39.1 Å².